The first-order chi connectivity index (χ1) is 18.2. The first-order valence-corrected chi connectivity index (χ1v) is 12.8. The van der Waals surface area contributed by atoms with Crippen molar-refractivity contribution >= 4 is 68.9 Å². The molecule has 0 aliphatic carbocycles. The first kappa shape index (κ1) is 26.7. The highest BCUT2D eigenvalue weighted by Crippen LogP contribution is 2.39. The number of hydrogen-bond acceptors (Lipinski definition) is 11. The third kappa shape index (κ3) is 5.80. The molecule has 1 aromatic heterocycles. The van der Waals surface area contributed by atoms with Crippen LogP contribution in [0.2, 0.25) is 0 Å². The average Bonchev–Trinajstić information content (AvgIpc) is 3.51. The van der Waals surface area contributed by atoms with Crippen LogP contribution in [-0.2, 0) is 4.79 Å². The van der Waals surface area contributed by atoms with E-state index in [-0.39, 0.29) is 33.1 Å². The van der Waals surface area contributed by atoms with Crippen LogP contribution in [0.5, 0.6) is 17.2 Å². The number of hydrogen-bond donors (Lipinski definition) is 1. The number of nitro groups is 2. The summed E-state index contributed by atoms with van der Waals surface area (Å²) in [5, 5.41) is 25.2. The lowest BCUT2D eigenvalue weighted by Gasteiger charge is -2.14. The lowest BCUT2D eigenvalue weighted by atomic mass is 10.1. The minimum atomic E-state index is -0.781. The maximum absolute atomic E-state index is 12.9. The van der Waals surface area contributed by atoms with Crippen LogP contribution in [0.3, 0.4) is 0 Å². The number of nitrogens with one attached hydrogen (secondary N) is 1. The maximum atomic E-state index is 12.9. The van der Waals surface area contributed by atoms with Crippen molar-refractivity contribution in [1.82, 2.24) is 10.4 Å². The zero-order valence-corrected chi connectivity index (χ0v) is 21.8. The van der Waals surface area contributed by atoms with E-state index in [1.807, 2.05) is 0 Å². The van der Waals surface area contributed by atoms with E-state index < -0.39 is 33.0 Å². The van der Waals surface area contributed by atoms with Crippen LogP contribution in [-0.4, -0.2) is 37.6 Å². The summed E-state index contributed by atoms with van der Waals surface area (Å²) in [7, 11) is 0. The fraction of sp³-hybridized carbons (Fsp3) is 0.0870. The molecule has 4 rings (SSSR count). The predicted octanol–water partition coefficient (Wildman–Crippen LogP) is 5.30. The third-order valence-electron chi connectivity index (χ3n) is 4.89. The molecular formula is C23H16N4O8S3. The van der Waals surface area contributed by atoms with Gasteiger partial charge in [-0.2, -0.15) is 5.01 Å². The van der Waals surface area contributed by atoms with Gasteiger partial charge in [0.05, 0.1) is 32.3 Å². The summed E-state index contributed by atoms with van der Waals surface area (Å²) in [6.45, 7) is 1.96. The second-order valence-corrected chi connectivity index (χ2v) is 9.97. The molecule has 2 amide bonds. The second kappa shape index (κ2) is 11.4. The van der Waals surface area contributed by atoms with E-state index in [1.54, 1.807) is 42.6 Å². The minimum absolute atomic E-state index is 0.122. The van der Waals surface area contributed by atoms with Crippen molar-refractivity contribution in [2.75, 3.05) is 6.61 Å². The fourth-order valence-corrected chi connectivity index (χ4v) is 5.01. The standard InChI is InChI=1S/C23H16N4O8S3/c1-2-34-18-10-13(5-7-17(18)35-16-8-6-14(26(30)31)12-15(16)27(32)33)11-20-22(29)25(23(36)38-20)24-21(28)19-4-3-9-37-19/h3-12H,2H2,1H3,(H,24,28)/b20-11+. The van der Waals surface area contributed by atoms with Gasteiger partial charge in [-0.25, -0.2) is 0 Å². The number of ether oxygens (including phenoxy) is 2. The highest BCUT2D eigenvalue weighted by atomic mass is 32.2. The molecule has 3 aromatic rings. The first-order valence-electron chi connectivity index (χ1n) is 10.7. The summed E-state index contributed by atoms with van der Waals surface area (Å²) >= 11 is 7.48. The fourth-order valence-electron chi connectivity index (χ4n) is 3.21. The Morgan fingerprint density at radius 3 is 2.53 bits per heavy atom. The summed E-state index contributed by atoms with van der Waals surface area (Å²) in [6, 6.07) is 11.0. The lowest BCUT2D eigenvalue weighted by Crippen LogP contribution is -2.44. The molecule has 2 aromatic carbocycles. The van der Waals surface area contributed by atoms with E-state index in [2.05, 4.69) is 5.43 Å². The van der Waals surface area contributed by atoms with Crippen LogP contribution in [0.4, 0.5) is 11.4 Å². The maximum Gasteiger partial charge on any atom is 0.318 e. The number of hydrazine groups is 1. The normalized spacial score (nSPS) is 14.0. The van der Waals surface area contributed by atoms with Crippen molar-refractivity contribution in [3.8, 4) is 17.2 Å². The number of carbonyl (C=O) groups is 2. The molecule has 0 spiro atoms. The average molecular weight is 573 g/mol. The number of amides is 2. The van der Waals surface area contributed by atoms with Gasteiger partial charge in [0, 0.05) is 6.07 Å². The third-order valence-corrected chi connectivity index (χ3v) is 7.06. The zero-order valence-electron chi connectivity index (χ0n) is 19.3. The molecule has 1 aliphatic rings. The van der Waals surface area contributed by atoms with Gasteiger partial charge in [-0.05, 0) is 60.4 Å². The Morgan fingerprint density at radius 1 is 1.11 bits per heavy atom. The van der Waals surface area contributed by atoms with Crippen LogP contribution < -0.4 is 14.9 Å². The van der Waals surface area contributed by atoms with E-state index >= 15 is 0 Å². The largest absolute Gasteiger partial charge is 0.490 e. The Kier molecular flexibility index (Phi) is 7.99. The van der Waals surface area contributed by atoms with Crippen LogP contribution in [0, 0.1) is 20.2 Å². The van der Waals surface area contributed by atoms with Crippen LogP contribution in [0.25, 0.3) is 6.08 Å². The molecule has 1 aliphatic heterocycles. The highest BCUT2D eigenvalue weighted by Gasteiger charge is 2.34. The van der Waals surface area contributed by atoms with Gasteiger partial charge in [0.15, 0.2) is 15.8 Å². The molecule has 1 saturated heterocycles. The Balaban J connectivity index is 1.58. The second-order valence-electron chi connectivity index (χ2n) is 7.34. The van der Waals surface area contributed by atoms with Gasteiger partial charge >= 0.3 is 5.69 Å². The number of non-ortho nitro benzene ring substituents is 1. The Hall–Kier alpha value is -4.34. The summed E-state index contributed by atoms with van der Waals surface area (Å²) in [6.07, 6.45) is 1.55. The lowest BCUT2D eigenvalue weighted by molar-refractivity contribution is -0.394. The molecule has 12 nitrogen and oxygen atoms in total. The quantitative estimate of drug-likeness (QED) is 0.155. The monoisotopic (exact) mass is 572 g/mol. The van der Waals surface area contributed by atoms with Crippen LogP contribution in [0.15, 0.2) is 58.8 Å². The van der Waals surface area contributed by atoms with E-state index in [9.17, 15) is 29.8 Å². The number of nitrogens with zero attached hydrogens (tertiary/aromatic N) is 3. The molecule has 15 heteroatoms. The predicted molar refractivity (Wildman–Crippen MR) is 144 cm³/mol. The molecule has 0 saturated carbocycles. The van der Waals surface area contributed by atoms with Gasteiger partial charge in [0.25, 0.3) is 17.5 Å². The minimum Gasteiger partial charge on any atom is -0.490 e. The van der Waals surface area contributed by atoms with Gasteiger partial charge in [-0.15, -0.1) is 11.3 Å². The Morgan fingerprint density at radius 2 is 1.87 bits per heavy atom. The molecule has 1 N–H and O–H groups in total. The molecule has 38 heavy (non-hydrogen) atoms. The van der Waals surface area contributed by atoms with Crippen molar-refractivity contribution in [3.05, 3.63) is 89.5 Å². The number of benzene rings is 2. The molecule has 0 radical (unpaired) electrons. The topological polar surface area (TPSA) is 154 Å². The number of thiocarbonyl (C=S) groups is 1. The number of nitro benzene ring substituents is 2. The van der Waals surface area contributed by atoms with Crippen LogP contribution in [0.1, 0.15) is 22.2 Å². The van der Waals surface area contributed by atoms with Gasteiger partial charge in [-0.3, -0.25) is 35.2 Å². The molecule has 0 atom stereocenters. The molecule has 0 bridgehead atoms. The summed E-state index contributed by atoms with van der Waals surface area (Å²) < 4.78 is 11.5. The number of carbonyl (C=O) groups excluding carboxylic acids is 2. The molecule has 1 fully saturated rings. The van der Waals surface area contributed by atoms with Crippen molar-refractivity contribution in [3.63, 3.8) is 0 Å². The van der Waals surface area contributed by atoms with Gasteiger partial charge < -0.3 is 9.47 Å². The summed E-state index contributed by atoms with van der Waals surface area (Å²) in [4.78, 5) is 46.8. The highest BCUT2D eigenvalue weighted by molar-refractivity contribution is 8.26. The smallest absolute Gasteiger partial charge is 0.318 e. The van der Waals surface area contributed by atoms with Crippen LogP contribution >= 0.6 is 35.3 Å². The molecule has 194 valence electrons. The van der Waals surface area contributed by atoms with Crippen molar-refractivity contribution in [2.45, 2.75) is 6.92 Å². The number of thioether (sulfide) groups is 1. The van der Waals surface area contributed by atoms with Crippen molar-refractivity contribution < 1.29 is 28.9 Å². The van der Waals surface area contributed by atoms with E-state index in [4.69, 9.17) is 21.7 Å². The van der Waals surface area contributed by atoms with Gasteiger partial charge in [0.2, 0.25) is 5.75 Å². The van der Waals surface area contributed by atoms with Gasteiger partial charge in [0.1, 0.15) is 0 Å². The van der Waals surface area contributed by atoms with E-state index in [0.717, 1.165) is 35.0 Å². The zero-order chi connectivity index (χ0) is 27.4. The van der Waals surface area contributed by atoms with Crippen molar-refractivity contribution in [1.29, 1.82) is 0 Å². The van der Waals surface area contributed by atoms with Crippen molar-refractivity contribution in [2.24, 2.45) is 0 Å². The summed E-state index contributed by atoms with van der Waals surface area (Å²) in [5.41, 5.74) is 2.00. The molecular weight excluding hydrogens is 556 g/mol. The van der Waals surface area contributed by atoms with Gasteiger partial charge in [-0.1, -0.05) is 23.9 Å². The van der Waals surface area contributed by atoms with E-state index in [1.165, 1.54) is 17.4 Å². The number of rotatable bonds is 9. The Bertz CT molecular complexity index is 1490. The Labute approximate surface area is 228 Å². The molecule has 2 heterocycles. The summed E-state index contributed by atoms with van der Waals surface area (Å²) in [5.74, 6) is -0.841. The SMILES string of the molecule is CCOc1cc(/C=C2/SC(=S)N(NC(=O)c3cccs3)C2=O)ccc1Oc1ccc([N+](=O)[O-])cc1[N+](=O)[O-]. The number of thiophene rings is 1. The van der Waals surface area contributed by atoms with E-state index in [0.29, 0.717) is 10.4 Å². The molecule has 0 unspecified atom stereocenters.